The molecule has 0 amide bonds. The molecule has 1 aromatic heterocycles. The lowest BCUT2D eigenvalue weighted by atomic mass is 9.96. The van der Waals surface area contributed by atoms with Crippen molar-refractivity contribution in [3.8, 4) is 0 Å². The van der Waals surface area contributed by atoms with Gasteiger partial charge in [-0.15, -0.1) is 0 Å². The van der Waals surface area contributed by atoms with Crippen LogP contribution in [0.4, 0.5) is 0 Å². The summed E-state index contributed by atoms with van der Waals surface area (Å²) < 4.78 is 2.19. The van der Waals surface area contributed by atoms with Crippen LogP contribution in [0.5, 0.6) is 0 Å². The summed E-state index contributed by atoms with van der Waals surface area (Å²) >= 11 is 3.65. The molecule has 3 rings (SSSR count). The second kappa shape index (κ2) is 3.13. The largest absolute Gasteiger partial charge is 0.280 e. The van der Waals surface area contributed by atoms with Crippen LogP contribution < -0.4 is 0 Å². The van der Waals surface area contributed by atoms with E-state index in [1.807, 2.05) is 0 Å². The average molecular weight is 250 g/mol. The van der Waals surface area contributed by atoms with Crippen molar-refractivity contribution >= 4 is 27.1 Å². The minimum atomic E-state index is 1.22. The average Bonchev–Trinajstić information content (AvgIpc) is 2.55. The monoisotopic (exact) mass is 249 g/mol. The topological polar surface area (TPSA) is 4.93 Å². The molecule has 1 aliphatic carbocycles. The van der Waals surface area contributed by atoms with Crippen LogP contribution in [0, 0.1) is 0 Å². The van der Waals surface area contributed by atoms with E-state index in [0.29, 0.717) is 0 Å². The minimum Gasteiger partial charge on any atom is -0.280 e. The standard InChI is InChI=1S/C12H12BrN/c13-14-11-7-3-1-5-9(11)10-6-2-4-8-12(10)14/h1,3,5,7H,2,4,6,8H2. The Labute approximate surface area is 92.1 Å². The highest BCUT2D eigenvalue weighted by Gasteiger charge is 2.17. The van der Waals surface area contributed by atoms with E-state index in [0.717, 1.165) is 0 Å². The Balaban J connectivity index is 2.41. The fraction of sp³-hybridized carbons (Fsp3) is 0.333. The summed E-state index contributed by atoms with van der Waals surface area (Å²) in [4.78, 5) is 0. The van der Waals surface area contributed by atoms with Gasteiger partial charge in [-0.25, -0.2) is 0 Å². The molecule has 2 heteroatoms. The van der Waals surface area contributed by atoms with E-state index < -0.39 is 0 Å². The summed E-state index contributed by atoms with van der Waals surface area (Å²) in [5.41, 5.74) is 4.36. The summed E-state index contributed by atoms with van der Waals surface area (Å²) in [6.07, 6.45) is 5.13. The van der Waals surface area contributed by atoms with Gasteiger partial charge in [-0.2, -0.15) is 0 Å². The van der Waals surface area contributed by atoms with Crippen LogP contribution in [0.25, 0.3) is 10.9 Å². The van der Waals surface area contributed by atoms with E-state index >= 15 is 0 Å². The van der Waals surface area contributed by atoms with Crippen LogP contribution in [0.1, 0.15) is 24.1 Å². The Morgan fingerprint density at radius 3 is 2.79 bits per heavy atom. The van der Waals surface area contributed by atoms with E-state index in [4.69, 9.17) is 0 Å². The fourth-order valence-corrected chi connectivity index (χ4v) is 3.14. The number of para-hydroxylation sites is 1. The van der Waals surface area contributed by atoms with Gasteiger partial charge < -0.3 is 0 Å². The molecule has 1 aliphatic rings. The lowest BCUT2D eigenvalue weighted by Gasteiger charge is -2.11. The van der Waals surface area contributed by atoms with Crippen molar-refractivity contribution in [2.24, 2.45) is 0 Å². The van der Waals surface area contributed by atoms with Crippen molar-refractivity contribution in [3.05, 3.63) is 35.5 Å². The van der Waals surface area contributed by atoms with Gasteiger partial charge in [-0.1, -0.05) is 18.2 Å². The molecule has 2 aromatic rings. The molecule has 0 radical (unpaired) electrons. The zero-order chi connectivity index (χ0) is 9.54. The van der Waals surface area contributed by atoms with Crippen molar-refractivity contribution in [3.63, 3.8) is 0 Å². The number of hydrogen-bond donors (Lipinski definition) is 0. The molecule has 14 heavy (non-hydrogen) atoms. The van der Waals surface area contributed by atoms with Crippen molar-refractivity contribution in [1.29, 1.82) is 0 Å². The third-order valence-electron chi connectivity index (χ3n) is 3.12. The lowest BCUT2D eigenvalue weighted by molar-refractivity contribution is 0.677. The molecule has 1 aromatic carbocycles. The molecule has 0 aliphatic heterocycles. The van der Waals surface area contributed by atoms with E-state index in [2.05, 4.69) is 44.0 Å². The maximum atomic E-state index is 3.65. The van der Waals surface area contributed by atoms with Gasteiger partial charge in [0, 0.05) is 11.1 Å². The highest BCUT2D eigenvalue weighted by atomic mass is 79.9. The predicted molar refractivity (Wildman–Crippen MR) is 62.9 cm³/mol. The Morgan fingerprint density at radius 1 is 1.07 bits per heavy atom. The van der Waals surface area contributed by atoms with Crippen LogP contribution in [0.3, 0.4) is 0 Å². The van der Waals surface area contributed by atoms with Gasteiger partial charge >= 0.3 is 0 Å². The van der Waals surface area contributed by atoms with Gasteiger partial charge in [-0.05, 0) is 37.3 Å². The second-order valence-electron chi connectivity index (χ2n) is 3.93. The third kappa shape index (κ3) is 1.07. The summed E-state index contributed by atoms with van der Waals surface area (Å²) in [7, 11) is 0. The van der Waals surface area contributed by atoms with Crippen molar-refractivity contribution in [2.75, 3.05) is 0 Å². The summed E-state index contributed by atoms with van der Waals surface area (Å²) in [6.45, 7) is 0. The SMILES string of the molecule is Brn1c2c(c3ccccc31)CCCC2. The highest BCUT2D eigenvalue weighted by molar-refractivity contribution is 9.08. The summed E-state index contributed by atoms with van der Waals surface area (Å²) in [5.74, 6) is 0. The molecule has 1 nitrogen and oxygen atoms in total. The molecule has 0 N–H and O–H groups in total. The van der Waals surface area contributed by atoms with Gasteiger partial charge in [-0.3, -0.25) is 3.59 Å². The van der Waals surface area contributed by atoms with E-state index in [-0.39, 0.29) is 0 Å². The smallest absolute Gasteiger partial charge is 0.0597 e. The Hall–Kier alpha value is -0.760. The molecule has 0 saturated carbocycles. The van der Waals surface area contributed by atoms with Crippen LogP contribution >= 0.6 is 16.1 Å². The Bertz CT molecular complexity index is 484. The Kier molecular flexibility index (Phi) is 1.91. The third-order valence-corrected chi connectivity index (χ3v) is 3.93. The molecule has 0 spiro atoms. The number of benzene rings is 1. The first kappa shape index (κ1) is 8.54. The molecule has 0 unspecified atom stereocenters. The van der Waals surface area contributed by atoms with E-state index in [9.17, 15) is 0 Å². The molecule has 0 bridgehead atoms. The molecular weight excluding hydrogens is 238 g/mol. The molecule has 0 fully saturated rings. The van der Waals surface area contributed by atoms with Gasteiger partial charge in [0.05, 0.1) is 21.7 Å². The van der Waals surface area contributed by atoms with Crippen molar-refractivity contribution in [2.45, 2.75) is 25.7 Å². The number of fused-ring (bicyclic) bond motifs is 3. The van der Waals surface area contributed by atoms with Gasteiger partial charge in [0.25, 0.3) is 0 Å². The fourth-order valence-electron chi connectivity index (χ4n) is 2.44. The summed E-state index contributed by atoms with van der Waals surface area (Å²) in [6, 6.07) is 8.65. The number of nitrogens with zero attached hydrogens (tertiary/aromatic N) is 1. The number of aryl methyl sites for hydroxylation is 1. The van der Waals surface area contributed by atoms with Crippen LogP contribution in [0.15, 0.2) is 24.3 Å². The minimum absolute atomic E-state index is 1.22. The van der Waals surface area contributed by atoms with Gasteiger partial charge in [0.1, 0.15) is 0 Å². The molecule has 1 heterocycles. The molecule has 0 saturated heterocycles. The number of halogens is 1. The maximum Gasteiger partial charge on any atom is 0.0597 e. The van der Waals surface area contributed by atoms with Gasteiger partial charge in [0.15, 0.2) is 0 Å². The van der Waals surface area contributed by atoms with Crippen LogP contribution in [-0.4, -0.2) is 3.59 Å². The van der Waals surface area contributed by atoms with Crippen LogP contribution in [0.2, 0.25) is 0 Å². The predicted octanol–water partition coefficient (Wildman–Crippen LogP) is 3.68. The zero-order valence-electron chi connectivity index (χ0n) is 7.96. The van der Waals surface area contributed by atoms with Gasteiger partial charge in [0.2, 0.25) is 0 Å². The highest BCUT2D eigenvalue weighted by Crippen LogP contribution is 2.33. The second-order valence-corrected chi connectivity index (χ2v) is 4.64. The zero-order valence-corrected chi connectivity index (χ0v) is 9.55. The first-order valence-electron chi connectivity index (χ1n) is 5.15. The lowest BCUT2D eigenvalue weighted by Crippen LogP contribution is -2.02. The molecule has 72 valence electrons. The normalized spacial score (nSPS) is 15.8. The van der Waals surface area contributed by atoms with Crippen molar-refractivity contribution in [1.82, 2.24) is 3.59 Å². The first-order valence-corrected chi connectivity index (χ1v) is 5.86. The number of rotatable bonds is 0. The summed E-state index contributed by atoms with van der Waals surface area (Å²) in [5, 5.41) is 1.43. The van der Waals surface area contributed by atoms with E-state index in [1.165, 1.54) is 42.3 Å². The van der Waals surface area contributed by atoms with Crippen LogP contribution in [-0.2, 0) is 12.8 Å². The number of aromatic nitrogens is 1. The Morgan fingerprint density at radius 2 is 1.86 bits per heavy atom. The maximum absolute atomic E-state index is 3.65. The quantitative estimate of drug-likeness (QED) is 0.672. The van der Waals surface area contributed by atoms with Crippen molar-refractivity contribution < 1.29 is 0 Å². The molecule has 0 atom stereocenters. The first-order chi connectivity index (χ1) is 6.88. The number of hydrogen-bond acceptors (Lipinski definition) is 0. The molecular formula is C12H12BrN. The van der Waals surface area contributed by atoms with E-state index in [1.54, 1.807) is 5.56 Å².